The van der Waals surface area contributed by atoms with Crippen LogP contribution in [0.15, 0.2) is 0 Å². The number of carbonyl (C=O) groups excluding carboxylic acids is 1. The summed E-state index contributed by atoms with van der Waals surface area (Å²) in [6.07, 6.45) is 0.224. The average Bonchev–Trinajstić information content (AvgIpc) is 2.14. The Labute approximate surface area is 105 Å². The first-order valence-corrected chi connectivity index (χ1v) is 6.19. The van der Waals surface area contributed by atoms with E-state index in [1.54, 1.807) is 6.92 Å². The van der Waals surface area contributed by atoms with Crippen LogP contribution in [-0.4, -0.2) is 37.0 Å². The topological polar surface area (TPSA) is 44.8 Å². The molecule has 0 aromatic rings. The van der Waals surface area contributed by atoms with Crippen LogP contribution >= 0.6 is 0 Å². The van der Waals surface area contributed by atoms with Gasteiger partial charge >= 0.3 is 5.97 Å². The van der Waals surface area contributed by atoms with E-state index < -0.39 is 0 Å². The Bertz CT molecular complexity index is 220. The van der Waals surface area contributed by atoms with Crippen LogP contribution < -0.4 is 0 Å². The van der Waals surface area contributed by atoms with E-state index in [1.165, 1.54) is 0 Å². The third-order valence-corrected chi connectivity index (χ3v) is 1.88. The van der Waals surface area contributed by atoms with Crippen LogP contribution in [0.25, 0.3) is 0 Å². The summed E-state index contributed by atoms with van der Waals surface area (Å²) >= 11 is 0. The molecule has 0 saturated heterocycles. The highest BCUT2D eigenvalue weighted by Gasteiger charge is 2.15. The van der Waals surface area contributed by atoms with E-state index in [9.17, 15) is 4.79 Å². The molecule has 0 N–H and O–H groups in total. The van der Waals surface area contributed by atoms with Gasteiger partial charge in [-0.3, -0.25) is 4.79 Å². The van der Waals surface area contributed by atoms with Crippen molar-refractivity contribution in [2.24, 2.45) is 0 Å². The van der Waals surface area contributed by atoms with Gasteiger partial charge in [0.15, 0.2) is 0 Å². The highest BCUT2D eigenvalue weighted by atomic mass is 16.6. The number of hydrogen-bond acceptors (Lipinski definition) is 4. The number of esters is 1. The summed E-state index contributed by atoms with van der Waals surface area (Å²) in [5.74, 6) is -0.194. The molecule has 4 nitrogen and oxygen atoms in total. The average molecular weight is 246 g/mol. The summed E-state index contributed by atoms with van der Waals surface area (Å²) in [6.45, 7) is 12.5. The SMILES string of the molecule is CCC(=O)OC(C)COCC(C)OC(C)(C)C. The summed E-state index contributed by atoms with van der Waals surface area (Å²) in [7, 11) is 0. The van der Waals surface area contributed by atoms with Crippen LogP contribution in [0.4, 0.5) is 0 Å². The zero-order chi connectivity index (χ0) is 13.5. The molecule has 0 aromatic heterocycles. The minimum atomic E-state index is -0.204. The molecule has 0 heterocycles. The monoisotopic (exact) mass is 246 g/mol. The van der Waals surface area contributed by atoms with Gasteiger partial charge in [-0.15, -0.1) is 0 Å². The Morgan fingerprint density at radius 2 is 1.65 bits per heavy atom. The predicted octanol–water partition coefficient (Wildman–Crippen LogP) is 2.55. The lowest BCUT2D eigenvalue weighted by molar-refractivity contribution is -0.152. The van der Waals surface area contributed by atoms with E-state index >= 15 is 0 Å². The molecule has 2 unspecified atom stereocenters. The quantitative estimate of drug-likeness (QED) is 0.648. The fourth-order valence-corrected chi connectivity index (χ4v) is 1.38. The normalized spacial score (nSPS) is 15.4. The van der Waals surface area contributed by atoms with Gasteiger partial charge in [-0.1, -0.05) is 6.92 Å². The van der Waals surface area contributed by atoms with Crippen molar-refractivity contribution in [3.8, 4) is 0 Å². The van der Waals surface area contributed by atoms with Gasteiger partial charge in [0.2, 0.25) is 0 Å². The van der Waals surface area contributed by atoms with Crippen LogP contribution in [0.5, 0.6) is 0 Å². The van der Waals surface area contributed by atoms with Crippen molar-refractivity contribution in [2.75, 3.05) is 13.2 Å². The summed E-state index contributed by atoms with van der Waals surface area (Å²) in [6, 6.07) is 0. The van der Waals surface area contributed by atoms with Gasteiger partial charge in [0, 0.05) is 6.42 Å². The summed E-state index contributed by atoms with van der Waals surface area (Å²) in [5, 5.41) is 0. The first-order chi connectivity index (χ1) is 7.74. The van der Waals surface area contributed by atoms with Crippen LogP contribution in [0.3, 0.4) is 0 Å². The molecule has 0 amide bonds. The third-order valence-electron chi connectivity index (χ3n) is 1.88. The van der Waals surface area contributed by atoms with Crippen LogP contribution in [0.2, 0.25) is 0 Å². The summed E-state index contributed by atoms with van der Waals surface area (Å²) in [4.78, 5) is 11.0. The largest absolute Gasteiger partial charge is 0.460 e. The fraction of sp³-hybridized carbons (Fsp3) is 0.923. The van der Waals surface area contributed by atoms with Gasteiger partial charge in [0.05, 0.1) is 24.9 Å². The lowest BCUT2D eigenvalue weighted by Gasteiger charge is -2.25. The van der Waals surface area contributed by atoms with Gasteiger partial charge in [0.25, 0.3) is 0 Å². The van der Waals surface area contributed by atoms with Gasteiger partial charge in [-0.25, -0.2) is 0 Å². The van der Waals surface area contributed by atoms with E-state index in [4.69, 9.17) is 14.2 Å². The highest BCUT2D eigenvalue weighted by molar-refractivity contribution is 5.69. The van der Waals surface area contributed by atoms with Crippen molar-refractivity contribution in [3.05, 3.63) is 0 Å². The Balaban J connectivity index is 3.66. The van der Waals surface area contributed by atoms with Crippen molar-refractivity contribution in [3.63, 3.8) is 0 Å². The second-order valence-electron chi connectivity index (χ2n) is 5.23. The van der Waals surface area contributed by atoms with Crippen molar-refractivity contribution >= 4 is 5.97 Å². The van der Waals surface area contributed by atoms with E-state index in [2.05, 4.69) is 0 Å². The Hall–Kier alpha value is -0.610. The standard InChI is InChI=1S/C13H26O4/c1-7-12(14)16-10(2)8-15-9-11(3)17-13(4,5)6/h10-11H,7-9H2,1-6H3. The van der Waals surface area contributed by atoms with Gasteiger partial charge in [-0.05, 0) is 34.6 Å². The van der Waals surface area contributed by atoms with E-state index in [1.807, 2.05) is 34.6 Å². The first kappa shape index (κ1) is 16.4. The van der Waals surface area contributed by atoms with E-state index in [0.29, 0.717) is 19.6 Å². The molecule has 0 fully saturated rings. The molecule has 0 aliphatic heterocycles. The summed E-state index contributed by atoms with van der Waals surface area (Å²) < 4.78 is 16.2. The van der Waals surface area contributed by atoms with Crippen LogP contribution in [-0.2, 0) is 19.0 Å². The molecule has 0 aliphatic carbocycles. The van der Waals surface area contributed by atoms with E-state index in [0.717, 1.165) is 0 Å². The molecule has 0 aromatic carbocycles. The van der Waals surface area contributed by atoms with Crippen molar-refractivity contribution < 1.29 is 19.0 Å². The second kappa shape index (κ2) is 7.67. The van der Waals surface area contributed by atoms with Gasteiger partial charge < -0.3 is 14.2 Å². The molecule has 17 heavy (non-hydrogen) atoms. The predicted molar refractivity (Wildman–Crippen MR) is 67.0 cm³/mol. The molecule has 0 saturated carbocycles. The maximum absolute atomic E-state index is 11.0. The van der Waals surface area contributed by atoms with Crippen molar-refractivity contribution in [1.82, 2.24) is 0 Å². The fourth-order valence-electron chi connectivity index (χ4n) is 1.38. The summed E-state index contributed by atoms with van der Waals surface area (Å²) in [5.41, 5.74) is -0.164. The Morgan fingerprint density at radius 1 is 1.12 bits per heavy atom. The molecule has 0 spiro atoms. The highest BCUT2D eigenvalue weighted by Crippen LogP contribution is 2.10. The molecule has 0 aliphatic rings. The molecule has 0 radical (unpaired) electrons. The zero-order valence-electron chi connectivity index (χ0n) is 11.9. The zero-order valence-corrected chi connectivity index (χ0v) is 11.9. The lowest BCUT2D eigenvalue weighted by Crippen LogP contribution is -2.30. The molecule has 4 heteroatoms. The Kier molecular flexibility index (Phi) is 7.39. The molecule has 0 rings (SSSR count). The minimum absolute atomic E-state index is 0.0316. The third kappa shape index (κ3) is 10.3. The number of carbonyl (C=O) groups is 1. The number of ether oxygens (including phenoxy) is 3. The maximum atomic E-state index is 11.0. The smallest absolute Gasteiger partial charge is 0.305 e. The second-order valence-corrected chi connectivity index (χ2v) is 5.23. The minimum Gasteiger partial charge on any atom is -0.460 e. The maximum Gasteiger partial charge on any atom is 0.305 e. The van der Waals surface area contributed by atoms with Gasteiger partial charge in [-0.2, -0.15) is 0 Å². The van der Waals surface area contributed by atoms with Crippen LogP contribution in [0.1, 0.15) is 48.0 Å². The van der Waals surface area contributed by atoms with E-state index in [-0.39, 0.29) is 23.8 Å². The molecule has 102 valence electrons. The van der Waals surface area contributed by atoms with Crippen molar-refractivity contribution in [2.45, 2.75) is 65.8 Å². The molecular weight excluding hydrogens is 220 g/mol. The first-order valence-electron chi connectivity index (χ1n) is 6.19. The number of rotatable bonds is 7. The van der Waals surface area contributed by atoms with Crippen LogP contribution in [0, 0.1) is 0 Å². The molecule has 2 atom stereocenters. The lowest BCUT2D eigenvalue weighted by atomic mass is 10.2. The van der Waals surface area contributed by atoms with Crippen molar-refractivity contribution in [1.29, 1.82) is 0 Å². The molecular formula is C13H26O4. The number of hydrogen-bond donors (Lipinski definition) is 0. The molecule has 0 bridgehead atoms. The Morgan fingerprint density at radius 3 is 2.12 bits per heavy atom. The van der Waals surface area contributed by atoms with Gasteiger partial charge in [0.1, 0.15) is 6.10 Å².